The summed E-state index contributed by atoms with van der Waals surface area (Å²) in [4.78, 5) is 11.1. The van der Waals surface area contributed by atoms with Crippen LogP contribution in [0.15, 0.2) is 42.5 Å². The lowest BCUT2D eigenvalue weighted by Crippen LogP contribution is -2.08. The van der Waals surface area contributed by atoms with E-state index < -0.39 is 6.10 Å². The standard InChI is InChI=1S/C18H21NO2.C2H6.CH4O/c1-12-4-7-16(8-5-12)18(21)11-15-6-9-17(13(2)10-15)19-14(3)20;2*1-2/h4-10,18,21H,11H2,1-3H3,(H,19,20);1-2H3;2H,1H3. The van der Waals surface area contributed by atoms with Crippen molar-refractivity contribution in [3.05, 3.63) is 64.7 Å². The highest BCUT2D eigenvalue weighted by Crippen LogP contribution is 2.22. The lowest BCUT2D eigenvalue weighted by atomic mass is 9.99. The summed E-state index contributed by atoms with van der Waals surface area (Å²) in [5.41, 5.74) is 4.97. The fourth-order valence-corrected chi connectivity index (χ4v) is 2.31. The van der Waals surface area contributed by atoms with Crippen molar-refractivity contribution in [3.63, 3.8) is 0 Å². The van der Waals surface area contributed by atoms with Crippen LogP contribution in [0.4, 0.5) is 5.69 Å². The second-order valence-electron chi connectivity index (χ2n) is 5.46. The van der Waals surface area contributed by atoms with E-state index in [1.165, 1.54) is 12.5 Å². The molecule has 0 aliphatic rings. The first-order chi connectivity index (χ1) is 12.0. The van der Waals surface area contributed by atoms with E-state index in [2.05, 4.69) is 5.32 Å². The number of hydrogen-bond acceptors (Lipinski definition) is 3. The van der Waals surface area contributed by atoms with E-state index in [0.29, 0.717) is 6.42 Å². The summed E-state index contributed by atoms with van der Waals surface area (Å²) in [6.07, 6.45) is 0.0428. The zero-order valence-electron chi connectivity index (χ0n) is 16.1. The Morgan fingerprint density at radius 3 is 2.08 bits per heavy atom. The van der Waals surface area contributed by atoms with Crippen molar-refractivity contribution in [1.82, 2.24) is 0 Å². The van der Waals surface area contributed by atoms with Gasteiger partial charge in [0.15, 0.2) is 0 Å². The average molecular weight is 345 g/mol. The predicted octanol–water partition coefficient (Wildman–Crippen LogP) is 4.17. The van der Waals surface area contributed by atoms with E-state index in [0.717, 1.165) is 29.5 Å². The van der Waals surface area contributed by atoms with Gasteiger partial charge in [0.2, 0.25) is 5.91 Å². The van der Waals surface area contributed by atoms with Gasteiger partial charge in [0.1, 0.15) is 0 Å². The Morgan fingerprint density at radius 1 is 1.04 bits per heavy atom. The van der Waals surface area contributed by atoms with E-state index in [1.807, 2.05) is 70.2 Å². The van der Waals surface area contributed by atoms with Crippen molar-refractivity contribution in [1.29, 1.82) is 0 Å². The van der Waals surface area contributed by atoms with Crippen molar-refractivity contribution in [2.24, 2.45) is 0 Å². The molecular formula is C21H31NO3. The number of aliphatic hydroxyl groups is 2. The van der Waals surface area contributed by atoms with Crippen LogP contribution in [0.25, 0.3) is 0 Å². The third kappa shape index (κ3) is 7.96. The molecule has 0 bridgehead atoms. The quantitative estimate of drug-likeness (QED) is 0.779. The third-order valence-electron chi connectivity index (χ3n) is 3.49. The molecule has 25 heavy (non-hydrogen) atoms. The number of aliphatic hydroxyl groups excluding tert-OH is 2. The third-order valence-corrected chi connectivity index (χ3v) is 3.49. The normalized spacial score (nSPS) is 10.6. The number of amides is 1. The fraction of sp³-hybridized carbons (Fsp3) is 0.381. The van der Waals surface area contributed by atoms with Crippen LogP contribution in [0.1, 0.15) is 49.1 Å². The molecule has 0 saturated carbocycles. The van der Waals surface area contributed by atoms with Gasteiger partial charge in [0, 0.05) is 26.1 Å². The molecule has 138 valence electrons. The van der Waals surface area contributed by atoms with Crippen molar-refractivity contribution in [3.8, 4) is 0 Å². The number of anilines is 1. The number of aryl methyl sites for hydroxylation is 2. The number of hydrogen-bond donors (Lipinski definition) is 3. The summed E-state index contributed by atoms with van der Waals surface area (Å²) in [6, 6.07) is 13.7. The fourth-order valence-electron chi connectivity index (χ4n) is 2.31. The summed E-state index contributed by atoms with van der Waals surface area (Å²) < 4.78 is 0. The number of carbonyl (C=O) groups excluding carboxylic acids is 1. The maximum Gasteiger partial charge on any atom is 0.221 e. The minimum atomic E-state index is -0.517. The Labute approximate surface area is 151 Å². The lowest BCUT2D eigenvalue weighted by molar-refractivity contribution is -0.114. The molecule has 4 nitrogen and oxygen atoms in total. The molecule has 0 spiro atoms. The summed E-state index contributed by atoms with van der Waals surface area (Å²) in [5, 5.41) is 20.1. The van der Waals surface area contributed by atoms with E-state index in [1.54, 1.807) is 0 Å². The Kier molecular flexibility index (Phi) is 11.2. The first-order valence-corrected chi connectivity index (χ1v) is 8.52. The van der Waals surface area contributed by atoms with Crippen LogP contribution >= 0.6 is 0 Å². The second-order valence-corrected chi connectivity index (χ2v) is 5.46. The lowest BCUT2D eigenvalue weighted by Gasteiger charge is -2.13. The molecule has 0 aliphatic carbocycles. The van der Waals surface area contributed by atoms with E-state index in [9.17, 15) is 9.90 Å². The molecule has 0 fully saturated rings. The van der Waals surface area contributed by atoms with E-state index in [4.69, 9.17) is 5.11 Å². The van der Waals surface area contributed by atoms with Gasteiger partial charge in [-0.1, -0.05) is 55.8 Å². The van der Waals surface area contributed by atoms with Gasteiger partial charge in [0.25, 0.3) is 0 Å². The number of nitrogens with one attached hydrogen (secondary N) is 1. The first-order valence-electron chi connectivity index (χ1n) is 8.52. The van der Waals surface area contributed by atoms with Gasteiger partial charge in [-0.3, -0.25) is 4.79 Å². The van der Waals surface area contributed by atoms with Gasteiger partial charge in [0.05, 0.1) is 6.10 Å². The predicted molar refractivity (Wildman–Crippen MR) is 105 cm³/mol. The van der Waals surface area contributed by atoms with Gasteiger partial charge >= 0.3 is 0 Å². The maximum absolute atomic E-state index is 11.1. The summed E-state index contributed by atoms with van der Waals surface area (Å²) in [6.45, 7) is 9.47. The zero-order valence-corrected chi connectivity index (χ0v) is 16.1. The zero-order chi connectivity index (χ0) is 19.4. The molecule has 0 aliphatic heterocycles. The molecule has 2 aromatic rings. The van der Waals surface area contributed by atoms with Crippen LogP contribution in [-0.2, 0) is 11.2 Å². The Morgan fingerprint density at radius 2 is 1.60 bits per heavy atom. The van der Waals surface area contributed by atoms with Gasteiger partial charge in [-0.2, -0.15) is 0 Å². The highest BCUT2D eigenvalue weighted by molar-refractivity contribution is 5.89. The molecule has 2 rings (SSSR count). The minimum Gasteiger partial charge on any atom is -0.400 e. The topological polar surface area (TPSA) is 69.6 Å². The SMILES string of the molecule is CC.CC(=O)Nc1ccc(CC(O)c2ccc(C)cc2)cc1C.CO. The molecule has 1 unspecified atom stereocenters. The highest BCUT2D eigenvalue weighted by atomic mass is 16.3. The van der Waals surface area contributed by atoms with Gasteiger partial charge < -0.3 is 15.5 Å². The smallest absolute Gasteiger partial charge is 0.221 e. The molecule has 1 atom stereocenters. The monoisotopic (exact) mass is 345 g/mol. The van der Waals surface area contributed by atoms with E-state index in [-0.39, 0.29) is 5.91 Å². The molecular weight excluding hydrogens is 314 g/mol. The van der Waals surface area contributed by atoms with Crippen molar-refractivity contribution in [2.45, 2.75) is 47.1 Å². The minimum absolute atomic E-state index is 0.0782. The Hall–Kier alpha value is -2.17. The number of carbonyl (C=O) groups is 1. The van der Waals surface area contributed by atoms with Gasteiger partial charge in [-0.25, -0.2) is 0 Å². The van der Waals surface area contributed by atoms with Gasteiger partial charge in [-0.05, 0) is 36.6 Å². The summed E-state index contributed by atoms with van der Waals surface area (Å²) in [7, 11) is 1.00. The van der Waals surface area contributed by atoms with Crippen molar-refractivity contribution >= 4 is 11.6 Å². The molecule has 0 saturated heterocycles. The molecule has 1 amide bonds. The number of rotatable bonds is 4. The van der Waals surface area contributed by atoms with Crippen LogP contribution < -0.4 is 5.32 Å². The van der Waals surface area contributed by atoms with Crippen molar-refractivity contribution < 1.29 is 15.0 Å². The first kappa shape index (κ1) is 22.8. The van der Waals surface area contributed by atoms with Crippen LogP contribution in [0, 0.1) is 13.8 Å². The Bertz CT molecular complexity index is 636. The summed E-state index contributed by atoms with van der Waals surface area (Å²) in [5.74, 6) is -0.0782. The van der Waals surface area contributed by atoms with Crippen LogP contribution in [0.5, 0.6) is 0 Å². The molecule has 3 N–H and O–H groups in total. The number of benzene rings is 2. The molecule has 4 heteroatoms. The molecule has 2 aromatic carbocycles. The summed E-state index contributed by atoms with van der Waals surface area (Å²) >= 11 is 0. The average Bonchev–Trinajstić information content (AvgIpc) is 2.61. The van der Waals surface area contributed by atoms with Crippen molar-refractivity contribution in [2.75, 3.05) is 12.4 Å². The largest absolute Gasteiger partial charge is 0.400 e. The van der Waals surface area contributed by atoms with Crippen LogP contribution in [0.3, 0.4) is 0 Å². The van der Waals surface area contributed by atoms with Crippen LogP contribution in [-0.4, -0.2) is 23.2 Å². The highest BCUT2D eigenvalue weighted by Gasteiger charge is 2.09. The molecule has 0 radical (unpaired) electrons. The molecule has 0 heterocycles. The van der Waals surface area contributed by atoms with Crippen LogP contribution in [0.2, 0.25) is 0 Å². The Balaban J connectivity index is 0.00000134. The van der Waals surface area contributed by atoms with E-state index >= 15 is 0 Å². The maximum atomic E-state index is 11.1. The van der Waals surface area contributed by atoms with Gasteiger partial charge in [-0.15, -0.1) is 0 Å². The second kappa shape index (κ2) is 12.2. The molecule has 0 aromatic heterocycles.